The fourth-order valence-corrected chi connectivity index (χ4v) is 2.36. The summed E-state index contributed by atoms with van der Waals surface area (Å²) in [6, 6.07) is 5.34. The molecular weight excluding hydrogens is 328 g/mol. The van der Waals surface area contributed by atoms with Crippen molar-refractivity contribution in [1.82, 2.24) is 20.3 Å². The average Bonchev–Trinajstić information content (AvgIpc) is 3.00. The second kappa shape index (κ2) is 6.80. The number of benzene rings is 1. The minimum Gasteiger partial charge on any atom is -0.486 e. The van der Waals surface area contributed by atoms with Gasteiger partial charge < -0.3 is 19.9 Å². The van der Waals surface area contributed by atoms with Gasteiger partial charge in [-0.15, -0.1) is 5.10 Å². The van der Waals surface area contributed by atoms with Crippen LogP contribution in [-0.4, -0.2) is 51.7 Å². The molecule has 0 aliphatic carbocycles. The van der Waals surface area contributed by atoms with E-state index in [9.17, 15) is 9.59 Å². The lowest BCUT2D eigenvalue weighted by Gasteiger charge is -2.18. The number of aliphatic carboxylic acids is 1. The molecule has 1 atom stereocenters. The number of carbonyl (C=O) groups is 2. The van der Waals surface area contributed by atoms with Crippen LogP contribution in [0, 0.1) is 12.8 Å². The number of carbonyl (C=O) groups excluding carboxylic acids is 1. The summed E-state index contributed by atoms with van der Waals surface area (Å²) >= 11 is 0. The van der Waals surface area contributed by atoms with Gasteiger partial charge in [-0.05, 0) is 19.1 Å². The number of nitrogens with one attached hydrogen (secondary N) is 1. The predicted octanol–water partition coefficient (Wildman–Crippen LogP) is 0.797. The number of aromatic nitrogens is 3. The Morgan fingerprint density at radius 2 is 2.04 bits per heavy atom. The minimum atomic E-state index is -0.975. The number of ether oxygens (including phenoxy) is 2. The Balaban J connectivity index is 1.79. The quantitative estimate of drug-likeness (QED) is 0.822. The van der Waals surface area contributed by atoms with Crippen LogP contribution in [0.2, 0.25) is 0 Å². The van der Waals surface area contributed by atoms with Crippen LogP contribution in [0.1, 0.15) is 23.1 Å². The maximum atomic E-state index is 12.2. The molecule has 9 heteroatoms. The fourth-order valence-electron chi connectivity index (χ4n) is 2.36. The number of carboxylic acid groups (broad SMARTS) is 1. The van der Waals surface area contributed by atoms with Gasteiger partial charge in [0.1, 0.15) is 13.2 Å². The van der Waals surface area contributed by atoms with Crippen molar-refractivity contribution < 1.29 is 24.2 Å². The van der Waals surface area contributed by atoms with E-state index in [1.54, 1.807) is 25.1 Å². The molecule has 2 aromatic rings. The van der Waals surface area contributed by atoms with Gasteiger partial charge in [-0.1, -0.05) is 12.1 Å². The van der Waals surface area contributed by atoms with E-state index >= 15 is 0 Å². The molecule has 2 heterocycles. The van der Waals surface area contributed by atoms with E-state index in [-0.39, 0.29) is 12.2 Å². The topological polar surface area (TPSA) is 116 Å². The Bertz CT molecular complexity index is 817. The maximum Gasteiger partial charge on any atom is 0.308 e. The second-order valence-corrected chi connectivity index (χ2v) is 5.71. The highest BCUT2D eigenvalue weighted by Crippen LogP contribution is 2.32. The Morgan fingerprint density at radius 3 is 2.76 bits per heavy atom. The third-order valence-corrected chi connectivity index (χ3v) is 3.87. The van der Waals surface area contributed by atoms with Crippen molar-refractivity contribution in [1.29, 1.82) is 0 Å². The fraction of sp³-hybridized carbons (Fsp3) is 0.375. The Hall–Kier alpha value is -3.10. The smallest absolute Gasteiger partial charge is 0.308 e. The van der Waals surface area contributed by atoms with Crippen LogP contribution in [0.15, 0.2) is 18.2 Å². The Kier molecular flexibility index (Phi) is 4.55. The van der Waals surface area contributed by atoms with Crippen LogP contribution < -0.4 is 14.8 Å². The highest BCUT2D eigenvalue weighted by atomic mass is 16.6. The number of hydrogen-bond acceptors (Lipinski definition) is 6. The molecule has 1 amide bonds. The summed E-state index contributed by atoms with van der Waals surface area (Å²) in [6.07, 6.45) is 0. The van der Waals surface area contributed by atoms with E-state index in [4.69, 9.17) is 14.6 Å². The van der Waals surface area contributed by atoms with Crippen molar-refractivity contribution >= 4 is 11.9 Å². The molecule has 1 aliphatic rings. The minimum absolute atomic E-state index is 0.0183. The van der Waals surface area contributed by atoms with Crippen molar-refractivity contribution in [2.75, 3.05) is 19.8 Å². The zero-order valence-corrected chi connectivity index (χ0v) is 13.9. The lowest BCUT2D eigenvalue weighted by Crippen LogP contribution is -2.32. The first kappa shape index (κ1) is 16.7. The van der Waals surface area contributed by atoms with Crippen LogP contribution in [-0.2, 0) is 4.79 Å². The lowest BCUT2D eigenvalue weighted by molar-refractivity contribution is -0.140. The van der Waals surface area contributed by atoms with Crippen LogP contribution in [0.5, 0.6) is 11.5 Å². The summed E-state index contributed by atoms with van der Waals surface area (Å²) in [7, 11) is 0. The third kappa shape index (κ3) is 3.39. The summed E-state index contributed by atoms with van der Waals surface area (Å²) in [5.74, 6) is -0.850. The first-order valence-corrected chi connectivity index (χ1v) is 7.80. The molecule has 0 radical (unpaired) electrons. The van der Waals surface area contributed by atoms with Crippen molar-refractivity contribution in [2.24, 2.45) is 5.92 Å². The second-order valence-electron chi connectivity index (χ2n) is 5.71. The lowest BCUT2D eigenvalue weighted by atomic mass is 10.2. The van der Waals surface area contributed by atoms with Crippen molar-refractivity contribution in [3.63, 3.8) is 0 Å². The molecule has 0 fully saturated rings. The number of fused-ring (bicyclic) bond motifs is 1. The standard InChI is InChI=1S/C16H18N4O5/c1-9(16(22)23)8-17-15(21)14-10(2)20(19-18-14)11-3-4-12-13(7-11)25-6-5-24-12/h3-4,7,9H,5-6,8H2,1-2H3,(H,17,21)(H,22,23). The van der Waals surface area contributed by atoms with Gasteiger partial charge in [0.15, 0.2) is 17.2 Å². The van der Waals surface area contributed by atoms with E-state index in [2.05, 4.69) is 15.6 Å². The highest BCUT2D eigenvalue weighted by Gasteiger charge is 2.20. The first-order valence-electron chi connectivity index (χ1n) is 7.80. The van der Waals surface area contributed by atoms with Gasteiger partial charge >= 0.3 is 5.97 Å². The molecule has 2 N–H and O–H groups in total. The average molecular weight is 346 g/mol. The molecule has 0 saturated heterocycles. The summed E-state index contributed by atoms with van der Waals surface area (Å²) in [4.78, 5) is 23.0. The van der Waals surface area contributed by atoms with E-state index in [0.717, 1.165) is 0 Å². The molecule has 25 heavy (non-hydrogen) atoms. The first-order chi connectivity index (χ1) is 12.0. The van der Waals surface area contributed by atoms with Crippen molar-refractivity contribution in [3.05, 3.63) is 29.6 Å². The van der Waals surface area contributed by atoms with Gasteiger partial charge in [0.2, 0.25) is 0 Å². The predicted molar refractivity (Wildman–Crippen MR) is 86.2 cm³/mol. The summed E-state index contributed by atoms with van der Waals surface area (Å²) < 4.78 is 12.5. The molecule has 3 rings (SSSR count). The third-order valence-electron chi connectivity index (χ3n) is 3.87. The number of amides is 1. The Labute approximate surface area is 143 Å². The molecule has 0 saturated carbocycles. The van der Waals surface area contributed by atoms with Gasteiger partial charge in [0.25, 0.3) is 5.91 Å². The molecule has 1 aromatic heterocycles. The largest absolute Gasteiger partial charge is 0.486 e. The van der Waals surface area contributed by atoms with Crippen molar-refractivity contribution in [2.45, 2.75) is 13.8 Å². The molecule has 1 unspecified atom stereocenters. The summed E-state index contributed by atoms with van der Waals surface area (Å²) in [6.45, 7) is 4.23. The van der Waals surface area contributed by atoms with Gasteiger partial charge in [-0.3, -0.25) is 9.59 Å². The van der Waals surface area contributed by atoms with Crippen LogP contribution in [0.3, 0.4) is 0 Å². The number of nitrogens with zero attached hydrogens (tertiary/aromatic N) is 3. The van der Waals surface area contributed by atoms with Crippen molar-refractivity contribution in [3.8, 4) is 17.2 Å². The zero-order chi connectivity index (χ0) is 18.0. The van der Waals surface area contributed by atoms with Crippen LogP contribution >= 0.6 is 0 Å². The van der Waals surface area contributed by atoms with Crippen LogP contribution in [0.4, 0.5) is 0 Å². The molecule has 0 spiro atoms. The van der Waals surface area contributed by atoms with E-state index in [1.807, 2.05) is 0 Å². The Morgan fingerprint density at radius 1 is 1.32 bits per heavy atom. The maximum absolute atomic E-state index is 12.2. The van der Waals surface area contributed by atoms with Crippen LogP contribution in [0.25, 0.3) is 5.69 Å². The van der Waals surface area contributed by atoms with Gasteiger partial charge in [-0.25, -0.2) is 4.68 Å². The molecule has 1 aliphatic heterocycles. The van der Waals surface area contributed by atoms with E-state index in [1.165, 1.54) is 11.6 Å². The SMILES string of the molecule is Cc1c(C(=O)NCC(C)C(=O)O)nnn1-c1ccc2c(c1)OCCO2. The zero-order valence-electron chi connectivity index (χ0n) is 13.9. The normalized spacial score (nSPS) is 14.0. The van der Waals surface area contributed by atoms with E-state index in [0.29, 0.717) is 36.1 Å². The highest BCUT2D eigenvalue weighted by molar-refractivity contribution is 5.93. The van der Waals surface area contributed by atoms with Gasteiger partial charge in [0.05, 0.1) is 17.3 Å². The monoisotopic (exact) mass is 346 g/mol. The number of hydrogen-bond donors (Lipinski definition) is 2. The summed E-state index contributed by atoms with van der Waals surface area (Å²) in [5, 5.41) is 19.3. The molecule has 1 aromatic carbocycles. The van der Waals surface area contributed by atoms with Gasteiger partial charge in [-0.2, -0.15) is 0 Å². The number of rotatable bonds is 5. The van der Waals surface area contributed by atoms with Gasteiger partial charge in [0, 0.05) is 12.6 Å². The molecule has 0 bridgehead atoms. The summed E-state index contributed by atoms with van der Waals surface area (Å²) in [5.41, 5.74) is 1.37. The number of carboxylic acids is 1. The molecular formula is C16H18N4O5. The molecule has 9 nitrogen and oxygen atoms in total. The molecule has 132 valence electrons. The van der Waals surface area contributed by atoms with E-state index < -0.39 is 17.8 Å².